The van der Waals surface area contributed by atoms with E-state index in [1.807, 2.05) is 37.7 Å². The van der Waals surface area contributed by atoms with Gasteiger partial charge in [-0.1, -0.05) is 6.07 Å². The van der Waals surface area contributed by atoms with Gasteiger partial charge in [-0.25, -0.2) is 13.6 Å². The summed E-state index contributed by atoms with van der Waals surface area (Å²) in [7, 11) is 1.39. The van der Waals surface area contributed by atoms with Crippen LogP contribution in [0.1, 0.15) is 51.6 Å². The molecule has 0 N–H and O–H groups in total. The summed E-state index contributed by atoms with van der Waals surface area (Å²) in [5, 5.41) is 13.9. The maximum Gasteiger partial charge on any atom is 0.410 e. The van der Waals surface area contributed by atoms with Gasteiger partial charge in [-0.3, -0.25) is 4.68 Å². The van der Waals surface area contributed by atoms with Gasteiger partial charge in [-0.05, 0) is 75.9 Å². The van der Waals surface area contributed by atoms with E-state index in [-0.39, 0.29) is 23.4 Å². The Bertz CT molecular complexity index is 1340. The first-order valence-corrected chi connectivity index (χ1v) is 12.2. The fraction of sp³-hybridized carbons (Fsp3) is 0.393. The number of rotatable bonds is 4. The predicted molar refractivity (Wildman–Crippen MR) is 135 cm³/mol. The van der Waals surface area contributed by atoms with Crippen molar-refractivity contribution in [2.75, 3.05) is 20.2 Å². The molecule has 1 saturated heterocycles. The van der Waals surface area contributed by atoms with Crippen LogP contribution in [-0.2, 0) is 4.74 Å². The SMILES string of the molecule is COc1ccc(-c2nn(C3CCCN(C(=O)OC(C)(C)C)CC3)cc2-c2ccc(C#N)c(F)c2)cc1F. The highest BCUT2D eigenvalue weighted by molar-refractivity contribution is 5.81. The molecule has 194 valence electrons. The number of nitriles is 1. The monoisotopic (exact) mass is 508 g/mol. The maximum absolute atomic E-state index is 14.6. The minimum absolute atomic E-state index is 0.0220. The second-order valence-corrected chi connectivity index (χ2v) is 10.1. The number of carbonyl (C=O) groups excluding carboxylic acids is 1. The van der Waals surface area contributed by atoms with Crippen LogP contribution >= 0.6 is 0 Å². The number of benzene rings is 2. The average Bonchev–Trinajstić information content (AvgIpc) is 3.13. The van der Waals surface area contributed by atoms with E-state index in [4.69, 9.17) is 19.8 Å². The highest BCUT2D eigenvalue weighted by Crippen LogP contribution is 2.36. The molecule has 1 unspecified atom stereocenters. The van der Waals surface area contributed by atoms with Gasteiger partial charge in [-0.2, -0.15) is 10.4 Å². The van der Waals surface area contributed by atoms with E-state index in [1.165, 1.54) is 31.4 Å². The fourth-order valence-corrected chi connectivity index (χ4v) is 4.44. The zero-order valence-corrected chi connectivity index (χ0v) is 21.4. The minimum atomic E-state index is -0.637. The van der Waals surface area contributed by atoms with Crippen molar-refractivity contribution in [3.8, 4) is 34.2 Å². The molecule has 7 nitrogen and oxygen atoms in total. The van der Waals surface area contributed by atoms with Crippen molar-refractivity contribution >= 4 is 6.09 Å². The molecule has 1 aliphatic heterocycles. The molecule has 0 spiro atoms. The molecule has 0 radical (unpaired) electrons. The third-order valence-electron chi connectivity index (χ3n) is 6.28. The Morgan fingerprint density at radius 1 is 1.08 bits per heavy atom. The molecule has 0 saturated carbocycles. The lowest BCUT2D eigenvalue weighted by molar-refractivity contribution is 0.0255. The number of ether oxygens (including phenoxy) is 2. The molecule has 3 aromatic rings. The number of hydrogen-bond donors (Lipinski definition) is 0. The molecule has 0 aliphatic carbocycles. The third-order valence-corrected chi connectivity index (χ3v) is 6.28. The lowest BCUT2D eigenvalue weighted by atomic mass is 10.0. The molecular weight excluding hydrogens is 478 g/mol. The van der Waals surface area contributed by atoms with E-state index in [9.17, 15) is 13.6 Å². The second-order valence-electron chi connectivity index (χ2n) is 10.1. The second kappa shape index (κ2) is 10.6. The molecule has 1 amide bonds. The summed E-state index contributed by atoms with van der Waals surface area (Å²) in [5.41, 5.74) is 1.51. The number of carbonyl (C=O) groups is 1. The smallest absolute Gasteiger partial charge is 0.410 e. The zero-order chi connectivity index (χ0) is 26.7. The van der Waals surface area contributed by atoms with E-state index in [0.717, 1.165) is 12.8 Å². The Hall–Kier alpha value is -3.93. The molecule has 37 heavy (non-hydrogen) atoms. The van der Waals surface area contributed by atoms with Crippen molar-refractivity contribution in [2.24, 2.45) is 0 Å². The van der Waals surface area contributed by atoms with Gasteiger partial charge in [0.05, 0.1) is 18.7 Å². The van der Waals surface area contributed by atoms with E-state index in [0.29, 0.717) is 41.9 Å². The summed E-state index contributed by atoms with van der Waals surface area (Å²) in [6, 6.07) is 10.7. The van der Waals surface area contributed by atoms with Crippen molar-refractivity contribution in [3.63, 3.8) is 0 Å². The number of nitrogens with zero attached hydrogens (tertiary/aromatic N) is 4. The first-order valence-electron chi connectivity index (χ1n) is 12.2. The Morgan fingerprint density at radius 3 is 2.46 bits per heavy atom. The van der Waals surface area contributed by atoms with Crippen LogP contribution in [0.3, 0.4) is 0 Å². The van der Waals surface area contributed by atoms with Gasteiger partial charge in [0.1, 0.15) is 23.2 Å². The van der Waals surface area contributed by atoms with E-state index < -0.39 is 17.2 Å². The summed E-state index contributed by atoms with van der Waals surface area (Å²) in [4.78, 5) is 14.3. The van der Waals surface area contributed by atoms with Crippen molar-refractivity contribution in [1.29, 1.82) is 5.26 Å². The molecule has 9 heteroatoms. The van der Waals surface area contributed by atoms with Crippen LogP contribution in [0.2, 0.25) is 0 Å². The summed E-state index contributed by atoms with van der Waals surface area (Å²) < 4.78 is 41.5. The number of aromatic nitrogens is 2. The first kappa shape index (κ1) is 26.1. The highest BCUT2D eigenvalue weighted by atomic mass is 19.1. The number of hydrogen-bond acceptors (Lipinski definition) is 5. The Balaban J connectivity index is 1.69. The van der Waals surface area contributed by atoms with Crippen LogP contribution in [0, 0.1) is 23.0 Å². The molecule has 1 atom stereocenters. The molecule has 0 bridgehead atoms. The molecule has 1 fully saturated rings. The topological polar surface area (TPSA) is 80.4 Å². The largest absolute Gasteiger partial charge is 0.494 e. The minimum Gasteiger partial charge on any atom is -0.494 e. The number of halogens is 2. The average molecular weight is 509 g/mol. The predicted octanol–water partition coefficient (Wildman–Crippen LogP) is 6.34. The van der Waals surface area contributed by atoms with Gasteiger partial charge in [0, 0.05) is 30.4 Å². The van der Waals surface area contributed by atoms with Gasteiger partial charge in [-0.15, -0.1) is 0 Å². The molecular formula is C28H30F2N4O3. The van der Waals surface area contributed by atoms with Gasteiger partial charge >= 0.3 is 6.09 Å². The van der Waals surface area contributed by atoms with Crippen molar-refractivity contribution in [3.05, 3.63) is 59.8 Å². The fourth-order valence-electron chi connectivity index (χ4n) is 4.44. The number of methoxy groups -OCH3 is 1. The maximum atomic E-state index is 14.6. The normalized spacial score (nSPS) is 16.1. The molecule has 2 heterocycles. The molecule has 1 aliphatic rings. The number of amides is 1. The van der Waals surface area contributed by atoms with Gasteiger partial charge in [0.25, 0.3) is 0 Å². The Kier molecular flexibility index (Phi) is 7.48. The van der Waals surface area contributed by atoms with Gasteiger partial charge < -0.3 is 14.4 Å². The summed E-state index contributed by atoms with van der Waals surface area (Å²) in [5.74, 6) is -1.06. The molecule has 4 rings (SSSR count). The summed E-state index contributed by atoms with van der Waals surface area (Å²) in [6.45, 7) is 6.61. The van der Waals surface area contributed by atoms with E-state index in [1.54, 1.807) is 17.0 Å². The Morgan fingerprint density at radius 2 is 1.81 bits per heavy atom. The van der Waals surface area contributed by atoms with Gasteiger partial charge in [0.2, 0.25) is 0 Å². The van der Waals surface area contributed by atoms with E-state index >= 15 is 0 Å². The highest BCUT2D eigenvalue weighted by Gasteiger charge is 2.27. The van der Waals surface area contributed by atoms with Gasteiger partial charge in [0.15, 0.2) is 11.6 Å². The molecule has 2 aromatic carbocycles. The van der Waals surface area contributed by atoms with Crippen LogP contribution in [0.4, 0.5) is 13.6 Å². The van der Waals surface area contributed by atoms with Crippen LogP contribution in [-0.4, -0.2) is 46.6 Å². The standard InChI is InChI=1S/C28H30F2N4O3/c1-28(2,3)37-27(35)33-12-5-6-21(11-13-33)34-17-22(18-7-8-20(16-31)23(29)14-18)26(32-34)19-9-10-25(36-4)24(30)15-19/h7-10,14-15,17,21H,5-6,11-13H2,1-4H3. The van der Waals surface area contributed by atoms with Crippen molar-refractivity contribution in [2.45, 2.75) is 51.7 Å². The molecule has 1 aromatic heterocycles. The lowest BCUT2D eigenvalue weighted by Crippen LogP contribution is -2.37. The third kappa shape index (κ3) is 5.91. The Labute approximate surface area is 215 Å². The van der Waals surface area contributed by atoms with Crippen LogP contribution in [0.5, 0.6) is 5.75 Å². The van der Waals surface area contributed by atoms with Crippen LogP contribution in [0.15, 0.2) is 42.6 Å². The summed E-state index contributed by atoms with van der Waals surface area (Å²) >= 11 is 0. The van der Waals surface area contributed by atoms with Crippen LogP contribution in [0.25, 0.3) is 22.4 Å². The number of likely N-dealkylation sites (tertiary alicyclic amines) is 1. The quantitative estimate of drug-likeness (QED) is 0.411. The lowest BCUT2D eigenvalue weighted by Gasteiger charge is -2.26. The summed E-state index contributed by atoms with van der Waals surface area (Å²) in [6.07, 6.45) is 3.68. The zero-order valence-electron chi connectivity index (χ0n) is 21.4. The first-order chi connectivity index (χ1) is 17.6. The van der Waals surface area contributed by atoms with Crippen molar-refractivity contribution in [1.82, 2.24) is 14.7 Å². The van der Waals surface area contributed by atoms with E-state index in [2.05, 4.69) is 0 Å². The van der Waals surface area contributed by atoms with Crippen LogP contribution < -0.4 is 4.74 Å². The van der Waals surface area contributed by atoms with Crippen molar-refractivity contribution < 1.29 is 23.0 Å².